The Morgan fingerprint density at radius 1 is 1.53 bits per heavy atom. The largest absolute Gasteiger partial charge is 0.380 e. The van der Waals surface area contributed by atoms with E-state index in [1.54, 1.807) is 0 Å². The van der Waals surface area contributed by atoms with Crippen LogP contribution in [0.5, 0.6) is 0 Å². The molecule has 0 amide bonds. The summed E-state index contributed by atoms with van der Waals surface area (Å²) in [4.78, 5) is 0. The lowest BCUT2D eigenvalue weighted by Gasteiger charge is -2.17. The van der Waals surface area contributed by atoms with Gasteiger partial charge in [-0.25, -0.2) is 0 Å². The summed E-state index contributed by atoms with van der Waals surface area (Å²) in [5, 5.41) is 3.47. The summed E-state index contributed by atoms with van der Waals surface area (Å²) in [6, 6.07) is 8.65. The predicted molar refractivity (Wildman–Crippen MR) is 63.7 cm³/mol. The van der Waals surface area contributed by atoms with Crippen LogP contribution in [0.15, 0.2) is 24.3 Å². The second-order valence-corrected chi connectivity index (χ2v) is 4.35. The Hall–Kier alpha value is -0.730. The first-order chi connectivity index (χ1) is 7.31. The van der Waals surface area contributed by atoms with Gasteiger partial charge in [-0.1, -0.05) is 18.2 Å². The first-order valence-corrected chi connectivity index (χ1v) is 5.81. The molecule has 82 valence electrons. The molecule has 2 rings (SSSR count). The second kappa shape index (κ2) is 4.86. The maximum atomic E-state index is 6.27. The summed E-state index contributed by atoms with van der Waals surface area (Å²) >= 11 is 6.27. The molecule has 0 radical (unpaired) electrons. The minimum absolute atomic E-state index is 0.0392. The Balaban J connectivity index is 1.94. The first-order valence-electron chi connectivity index (χ1n) is 5.37. The van der Waals surface area contributed by atoms with E-state index in [4.69, 9.17) is 16.3 Å². The number of hydrogen-bond donors (Lipinski definition) is 1. The van der Waals surface area contributed by atoms with Gasteiger partial charge in [0.2, 0.25) is 0 Å². The molecular weight excluding hydrogens is 210 g/mol. The minimum atomic E-state index is 0.0392. The van der Waals surface area contributed by atoms with Crippen LogP contribution in [0.3, 0.4) is 0 Å². The van der Waals surface area contributed by atoms with Crippen LogP contribution in [-0.2, 0) is 11.2 Å². The monoisotopic (exact) mass is 225 g/mol. The third kappa shape index (κ3) is 2.44. The number of fused-ring (bicyclic) bond motifs is 1. The standard InChI is InChI=1S/C12H16ClNO/c1-2-15-8-10(13)12-7-9-5-3-4-6-11(9)14-12/h3-6,10,12,14H,2,7-8H2,1H3. The Morgan fingerprint density at radius 3 is 3.07 bits per heavy atom. The van der Waals surface area contributed by atoms with Gasteiger partial charge >= 0.3 is 0 Å². The summed E-state index contributed by atoms with van der Waals surface area (Å²) in [6.45, 7) is 3.33. The number of hydrogen-bond acceptors (Lipinski definition) is 2. The van der Waals surface area contributed by atoms with E-state index in [1.807, 2.05) is 13.0 Å². The van der Waals surface area contributed by atoms with Gasteiger partial charge in [0.15, 0.2) is 0 Å². The van der Waals surface area contributed by atoms with Gasteiger partial charge in [-0.15, -0.1) is 11.6 Å². The van der Waals surface area contributed by atoms with Gasteiger partial charge in [0, 0.05) is 18.3 Å². The van der Waals surface area contributed by atoms with Gasteiger partial charge < -0.3 is 10.1 Å². The average molecular weight is 226 g/mol. The van der Waals surface area contributed by atoms with Crippen LogP contribution >= 0.6 is 11.6 Å². The highest BCUT2D eigenvalue weighted by molar-refractivity contribution is 6.21. The molecular formula is C12H16ClNO. The Bertz CT molecular complexity index is 304. The molecule has 15 heavy (non-hydrogen) atoms. The van der Waals surface area contributed by atoms with Crippen molar-refractivity contribution in [3.05, 3.63) is 29.8 Å². The Labute approximate surface area is 95.6 Å². The molecule has 2 atom stereocenters. The van der Waals surface area contributed by atoms with Crippen LogP contribution < -0.4 is 5.32 Å². The van der Waals surface area contributed by atoms with E-state index < -0.39 is 0 Å². The molecule has 3 heteroatoms. The van der Waals surface area contributed by atoms with Crippen LogP contribution in [0.4, 0.5) is 5.69 Å². The molecule has 1 aromatic carbocycles. The van der Waals surface area contributed by atoms with Crippen molar-refractivity contribution in [2.75, 3.05) is 18.5 Å². The average Bonchev–Trinajstić information content (AvgIpc) is 2.69. The number of anilines is 1. The number of halogens is 1. The number of para-hydroxylation sites is 1. The van der Waals surface area contributed by atoms with Crippen molar-refractivity contribution in [1.29, 1.82) is 0 Å². The number of ether oxygens (including phenoxy) is 1. The van der Waals surface area contributed by atoms with Crippen LogP contribution in [0.25, 0.3) is 0 Å². The molecule has 0 saturated heterocycles. The summed E-state index contributed by atoms with van der Waals surface area (Å²) in [6.07, 6.45) is 0.997. The SMILES string of the molecule is CCOCC(Cl)C1Cc2ccccc2N1. The third-order valence-corrected chi connectivity index (χ3v) is 3.15. The van der Waals surface area contributed by atoms with E-state index in [2.05, 4.69) is 23.5 Å². The van der Waals surface area contributed by atoms with Gasteiger partial charge in [-0.3, -0.25) is 0 Å². The number of alkyl halides is 1. The highest BCUT2D eigenvalue weighted by Crippen LogP contribution is 2.28. The van der Waals surface area contributed by atoms with Crippen molar-refractivity contribution in [3.8, 4) is 0 Å². The third-order valence-electron chi connectivity index (χ3n) is 2.72. The zero-order chi connectivity index (χ0) is 10.7. The molecule has 0 aliphatic carbocycles. The van der Waals surface area contributed by atoms with E-state index in [1.165, 1.54) is 11.3 Å². The smallest absolute Gasteiger partial charge is 0.0773 e. The van der Waals surface area contributed by atoms with Gasteiger partial charge in [-0.05, 0) is 25.0 Å². The van der Waals surface area contributed by atoms with Crippen LogP contribution in [0, 0.1) is 0 Å². The van der Waals surface area contributed by atoms with Crippen LogP contribution in [0.1, 0.15) is 12.5 Å². The second-order valence-electron chi connectivity index (χ2n) is 3.79. The van der Waals surface area contributed by atoms with E-state index in [0.717, 1.165) is 13.0 Å². The summed E-state index contributed by atoms with van der Waals surface area (Å²) in [5.41, 5.74) is 2.56. The van der Waals surface area contributed by atoms with Crippen molar-refractivity contribution in [2.45, 2.75) is 24.8 Å². The fourth-order valence-corrected chi connectivity index (χ4v) is 2.13. The number of benzene rings is 1. The minimum Gasteiger partial charge on any atom is -0.380 e. The molecule has 0 saturated carbocycles. The van der Waals surface area contributed by atoms with Gasteiger partial charge in [0.05, 0.1) is 12.0 Å². The van der Waals surface area contributed by atoms with E-state index >= 15 is 0 Å². The summed E-state index contributed by atoms with van der Waals surface area (Å²) in [5.74, 6) is 0. The first kappa shape index (κ1) is 10.8. The van der Waals surface area contributed by atoms with Crippen molar-refractivity contribution >= 4 is 17.3 Å². The molecule has 0 aromatic heterocycles. The lowest BCUT2D eigenvalue weighted by atomic mass is 10.1. The molecule has 1 aliphatic heterocycles. The van der Waals surface area contributed by atoms with Crippen molar-refractivity contribution in [2.24, 2.45) is 0 Å². The number of nitrogens with one attached hydrogen (secondary N) is 1. The Kier molecular flexibility index (Phi) is 3.49. The van der Waals surface area contributed by atoms with Gasteiger partial charge in [0.25, 0.3) is 0 Å². The van der Waals surface area contributed by atoms with Crippen LogP contribution in [0.2, 0.25) is 0 Å². The van der Waals surface area contributed by atoms with Crippen molar-refractivity contribution < 1.29 is 4.74 Å². The predicted octanol–water partition coefficient (Wildman–Crippen LogP) is 2.67. The van der Waals surface area contributed by atoms with Crippen LogP contribution in [-0.4, -0.2) is 24.6 Å². The molecule has 1 N–H and O–H groups in total. The van der Waals surface area contributed by atoms with Gasteiger partial charge in [-0.2, -0.15) is 0 Å². The fraction of sp³-hybridized carbons (Fsp3) is 0.500. The van der Waals surface area contributed by atoms with Crippen molar-refractivity contribution in [3.63, 3.8) is 0 Å². The summed E-state index contributed by atoms with van der Waals surface area (Å²) < 4.78 is 5.33. The Morgan fingerprint density at radius 2 is 2.33 bits per heavy atom. The maximum absolute atomic E-state index is 6.27. The topological polar surface area (TPSA) is 21.3 Å². The molecule has 2 nitrogen and oxygen atoms in total. The molecule has 0 bridgehead atoms. The molecule has 1 aliphatic rings. The highest BCUT2D eigenvalue weighted by atomic mass is 35.5. The van der Waals surface area contributed by atoms with Gasteiger partial charge in [0.1, 0.15) is 0 Å². The summed E-state index contributed by atoms with van der Waals surface area (Å²) in [7, 11) is 0. The molecule has 0 fully saturated rings. The van der Waals surface area contributed by atoms with E-state index in [-0.39, 0.29) is 5.38 Å². The van der Waals surface area contributed by atoms with E-state index in [0.29, 0.717) is 12.6 Å². The quantitative estimate of drug-likeness (QED) is 0.796. The lowest BCUT2D eigenvalue weighted by Crippen LogP contribution is -2.31. The zero-order valence-electron chi connectivity index (χ0n) is 8.87. The maximum Gasteiger partial charge on any atom is 0.0773 e. The zero-order valence-corrected chi connectivity index (χ0v) is 9.63. The molecule has 1 heterocycles. The molecule has 0 spiro atoms. The fourth-order valence-electron chi connectivity index (χ4n) is 1.89. The normalized spacial score (nSPS) is 20.8. The van der Waals surface area contributed by atoms with E-state index in [9.17, 15) is 0 Å². The lowest BCUT2D eigenvalue weighted by molar-refractivity contribution is 0.144. The van der Waals surface area contributed by atoms with Crippen molar-refractivity contribution in [1.82, 2.24) is 0 Å². The number of rotatable bonds is 4. The molecule has 2 unspecified atom stereocenters. The highest BCUT2D eigenvalue weighted by Gasteiger charge is 2.26. The molecule has 1 aromatic rings.